The predicted octanol–water partition coefficient (Wildman–Crippen LogP) is 4.67. The SMILES string of the molecule is CCOC(N(C(OCC)C(OCC)(OCC)OCC)C(OCC)C(OCC)(OCC)OCC)C(OCC)(OCC)OCC. The molecule has 0 spiro atoms. The summed E-state index contributed by atoms with van der Waals surface area (Å²) in [4.78, 5) is 1.68. The minimum absolute atomic E-state index is 0.226. The van der Waals surface area contributed by atoms with Gasteiger partial charge < -0.3 is 56.8 Å². The van der Waals surface area contributed by atoms with E-state index in [0.717, 1.165) is 0 Å². The van der Waals surface area contributed by atoms with Crippen molar-refractivity contribution in [1.82, 2.24) is 4.90 Å². The fourth-order valence-electron chi connectivity index (χ4n) is 4.78. The topological polar surface area (TPSA) is 114 Å². The Morgan fingerprint density at radius 1 is 0.302 bits per heavy atom. The van der Waals surface area contributed by atoms with Crippen molar-refractivity contribution in [3.63, 3.8) is 0 Å². The molecule has 260 valence electrons. The van der Waals surface area contributed by atoms with Crippen molar-refractivity contribution in [2.24, 2.45) is 0 Å². The van der Waals surface area contributed by atoms with Crippen LogP contribution in [0, 0.1) is 0 Å². The summed E-state index contributed by atoms with van der Waals surface area (Å²) in [6.07, 6.45) is -3.56. The summed E-state index contributed by atoms with van der Waals surface area (Å²) in [6, 6.07) is 0. The van der Waals surface area contributed by atoms with Gasteiger partial charge in [-0.3, -0.25) is 0 Å². The van der Waals surface area contributed by atoms with Crippen LogP contribution in [0.2, 0.25) is 0 Å². The average molecular weight is 630 g/mol. The molecule has 0 aromatic carbocycles. The molecule has 0 aliphatic rings. The van der Waals surface area contributed by atoms with Crippen LogP contribution in [0.1, 0.15) is 83.1 Å². The maximum absolute atomic E-state index is 6.50. The molecule has 0 aromatic rings. The van der Waals surface area contributed by atoms with Gasteiger partial charge in [0.15, 0.2) is 18.7 Å². The van der Waals surface area contributed by atoms with Crippen molar-refractivity contribution in [3.8, 4) is 0 Å². The zero-order chi connectivity index (χ0) is 32.8. The van der Waals surface area contributed by atoms with E-state index < -0.39 is 36.6 Å². The van der Waals surface area contributed by atoms with Gasteiger partial charge in [-0.2, -0.15) is 0 Å². The zero-order valence-corrected chi connectivity index (χ0v) is 29.1. The molecule has 0 saturated carbocycles. The third-order valence-electron chi connectivity index (χ3n) is 5.80. The van der Waals surface area contributed by atoms with Gasteiger partial charge in [-0.25, -0.2) is 4.90 Å². The van der Waals surface area contributed by atoms with Gasteiger partial charge in [0.2, 0.25) is 0 Å². The van der Waals surface area contributed by atoms with Gasteiger partial charge in [-0.1, -0.05) is 0 Å². The van der Waals surface area contributed by atoms with Gasteiger partial charge in [0.25, 0.3) is 0 Å². The largest absolute Gasteiger partial charge is 0.355 e. The first-order valence-corrected chi connectivity index (χ1v) is 16.1. The van der Waals surface area contributed by atoms with Gasteiger partial charge in [-0.15, -0.1) is 0 Å². The lowest BCUT2D eigenvalue weighted by Gasteiger charge is -2.54. The molecule has 0 heterocycles. The summed E-state index contributed by atoms with van der Waals surface area (Å²) in [7, 11) is 0. The van der Waals surface area contributed by atoms with Crippen LogP contribution in [0.3, 0.4) is 0 Å². The van der Waals surface area contributed by atoms with Crippen LogP contribution in [0.5, 0.6) is 0 Å². The first kappa shape index (κ1) is 42.5. The highest BCUT2D eigenvalue weighted by Crippen LogP contribution is 2.39. The Labute approximate surface area is 260 Å². The van der Waals surface area contributed by atoms with E-state index in [-0.39, 0.29) is 79.3 Å². The molecular formula is C30H63NO12. The fourth-order valence-corrected chi connectivity index (χ4v) is 4.78. The van der Waals surface area contributed by atoms with E-state index in [1.54, 1.807) is 4.90 Å². The van der Waals surface area contributed by atoms with E-state index in [1.165, 1.54) is 0 Å². The highest BCUT2D eigenvalue weighted by atomic mass is 16.9. The zero-order valence-electron chi connectivity index (χ0n) is 29.1. The monoisotopic (exact) mass is 629 g/mol. The van der Waals surface area contributed by atoms with Crippen molar-refractivity contribution < 1.29 is 56.8 Å². The number of hydrogen-bond acceptors (Lipinski definition) is 13. The number of hydrogen-bond donors (Lipinski definition) is 0. The summed E-state index contributed by atoms with van der Waals surface area (Å²) in [5.41, 5.74) is 0. The smallest absolute Gasteiger partial charge is 0.325 e. The lowest BCUT2D eigenvalue weighted by Crippen LogP contribution is -2.74. The van der Waals surface area contributed by atoms with E-state index in [1.807, 2.05) is 83.1 Å². The van der Waals surface area contributed by atoms with Crippen LogP contribution in [-0.2, 0) is 56.8 Å². The van der Waals surface area contributed by atoms with Crippen LogP contribution in [0.4, 0.5) is 0 Å². The van der Waals surface area contributed by atoms with Gasteiger partial charge in [0, 0.05) is 79.3 Å². The summed E-state index contributed by atoms with van der Waals surface area (Å²) in [5.74, 6) is -5.32. The van der Waals surface area contributed by atoms with E-state index >= 15 is 0 Å². The van der Waals surface area contributed by atoms with Crippen molar-refractivity contribution in [2.75, 3.05) is 79.3 Å². The van der Waals surface area contributed by atoms with Crippen LogP contribution >= 0.6 is 0 Å². The molecule has 0 aromatic heterocycles. The molecule has 3 atom stereocenters. The standard InChI is InChI=1S/C30H63NO12/c1-13-32-25(28(35-16-4,36-17-5)37-18-6)31(26(33-14-2)29(38-19-7,39-20-8)40-21-9)27(34-15-3)30(41-22-10,42-23-11)43-24-12/h25-27H,13-24H2,1-12H3. The van der Waals surface area contributed by atoms with Crippen molar-refractivity contribution in [1.29, 1.82) is 0 Å². The molecule has 0 saturated heterocycles. The summed E-state index contributed by atoms with van der Waals surface area (Å²) >= 11 is 0. The molecule has 0 N–H and O–H groups in total. The van der Waals surface area contributed by atoms with Crippen molar-refractivity contribution in [2.45, 2.75) is 120 Å². The second kappa shape index (κ2) is 23.8. The molecule has 43 heavy (non-hydrogen) atoms. The van der Waals surface area contributed by atoms with Crippen molar-refractivity contribution in [3.05, 3.63) is 0 Å². The van der Waals surface area contributed by atoms with E-state index in [4.69, 9.17) is 56.8 Å². The van der Waals surface area contributed by atoms with Crippen LogP contribution < -0.4 is 0 Å². The third-order valence-corrected chi connectivity index (χ3v) is 5.80. The van der Waals surface area contributed by atoms with Gasteiger partial charge in [-0.05, 0) is 83.1 Å². The van der Waals surface area contributed by atoms with Gasteiger partial charge in [0.1, 0.15) is 0 Å². The second-order valence-corrected chi connectivity index (χ2v) is 8.58. The van der Waals surface area contributed by atoms with Crippen LogP contribution in [0.15, 0.2) is 0 Å². The summed E-state index contributed by atoms with van der Waals surface area (Å²) in [6.45, 7) is 24.9. The van der Waals surface area contributed by atoms with E-state index in [2.05, 4.69) is 0 Å². The number of ether oxygens (including phenoxy) is 12. The summed E-state index contributed by atoms with van der Waals surface area (Å²) < 4.78 is 76.0. The Morgan fingerprint density at radius 2 is 0.465 bits per heavy atom. The molecule has 0 rings (SSSR count). The Hall–Kier alpha value is -0.520. The maximum atomic E-state index is 6.50. The number of rotatable bonds is 30. The normalized spacial score (nSPS) is 15.3. The van der Waals surface area contributed by atoms with Gasteiger partial charge in [0.05, 0.1) is 0 Å². The molecule has 0 aliphatic carbocycles. The maximum Gasteiger partial charge on any atom is 0.325 e. The molecule has 0 radical (unpaired) electrons. The molecule has 13 nitrogen and oxygen atoms in total. The highest BCUT2D eigenvalue weighted by molar-refractivity contribution is 4.89. The first-order chi connectivity index (χ1) is 20.8. The van der Waals surface area contributed by atoms with Crippen LogP contribution in [0.25, 0.3) is 0 Å². The Kier molecular flexibility index (Phi) is 23.5. The Balaban J connectivity index is 8.21. The third kappa shape index (κ3) is 11.7. The fraction of sp³-hybridized carbons (Fsp3) is 1.00. The van der Waals surface area contributed by atoms with E-state index in [9.17, 15) is 0 Å². The molecule has 0 bridgehead atoms. The van der Waals surface area contributed by atoms with Crippen LogP contribution in [-0.4, -0.2) is 121 Å². The first-order valence-electron chi connectivity index (χ1n) is 16.1. The Bertz CT molecular complexity index is 522. The highest BCUT2D eigenvalue weighted by Gasteiger charge is 2.62. The van der Waals surface area contributed by atoms with E-state index in [0.29, 0.717) is 0 Å². The molecule has 3 unspecified atom stereocenters. The second-order valence-electron chi connectivity index (χ2n) is 8.58. The molecule has 0 aliphatic heterocycles. The Morgan fingerprint density at radius 3 is 0.581 bits per heavy atom. The molecule has 13 heteroatoms. The number of nitrogens with zero attached hydrogens (tertiary/aromatic N) is 1. The summed E-state index contributed by atoms with van der Waals surface area (Å²) in [5, 5.41) is 0. The minimum atomic E-state index is -1.77. The molecule has 0 amide bonds. The lowest BCUT2D eigenvalue weighted by atomic mass is 10.2. The lowest BCUT2D eigenvalue weighted by molar-refractivity contribution is -0.510. The molecular weight excluding hydrogens is 566 g/mol. The quantitative estimate of drug-likeness (QED) is 0.103. The molecule has 0 fully saturated rings. The predicted molar refractivity (Wildman–Crippen MR) is 161 cm³/mol. The van der Waals surface area contributed by atoms with Gasteiger partial charge >= 0.3 is 17.9 Å². The van der Waals surface area contributed by atoms with Crippen molar-refractivity contribution >= 4 is 0 Å². The average Bonchev–Trinajstić information content (AvgIpc) is 2.96. The minimum Gasteiger partial charge on any atom is -0.355 e.